The molecular weight excluding hydrogens is 261 g/mol. The van der Waals surface area contributed by atoms with Crippen LogP contribution in [0.4, 0.5) is 10.1 Å². The molecule has 2 rings (SSSR count). The molecule has 1 aromatic heterocycles. The maximum Gasteiger partial charge on any atom is 0.333 e. The largest absolute Gasteiger partial charge is 0.467 e. The number of aromatic nitrogens is 2. The van der Waals surface area contributed by atoms with Crippen molar-refractivity contribution in [3.8, 4) is 0 Å². The van der Waals surface area contributed by atoms with Crippen LogP contribution in [0.3, 0.4) is 0 Å². The molecule has 0 aliphatic heterocycles. The Balaban J connectivity index is 2.34. The first kappa shape index (κ1) is 14.0. The summed E-state index contributed by atoms with van der Waals surface area (Å²) in [6, 6.07) is 5.09. The molecular formula is C14H16FN3O2. The summed E-state index contributed by atoms with van der Waals surface area (Å²) in [5.74, 6) is -0.761. The second-order valence-corrected chi connectivity index (χ2v) is 4.46. The Morgan fingerprint density at radius 1 is 1.35 bits per heavy atom. The highest BCUT2D eigenvalue weighted by molar-refractivity contribution is 5.81. The van der Waals surface area contributed by atoms with Gasteiger partial charge in [-0.25, -0.2) is 9.18 Å². The number of ether oxygens (including phenoxy) is 1. The minimum Gasteiger partial charge on any atom is -0.467 e. The van der Waals surface area contributed by atoms with Gasteiger partial charge in [0.25, 0.3) is 0 Å². The topological polar surface area (TPSA) is 67.0 Å². The third-order valence-electron chi connectivity index (χ3n) is 3.07. The minimum absolute atomic E-state index is 0.333. The van der Waals surface area contributed by atoms with Gasteiger partial charge in [0.2, 0.25) is 0 Å². The number of aromatic amines is 1. The summed E-state index contributed by atoms with van der Waals surface area (Å²) in [5, 5.41) is 9.95. The Kier molecular flexibility index (Phi) is 4.02. The van der Waals surface area contributed by atoms with Crippen LogP contribution < -0.4 is 5.32 Å². The number of carbonyl (C=O) groups is 1. The molecule has 1 aromatic carbocycles. The van der Waals surface area contributed by atoms with Gasteiger partial charge in [-0.05, 0) is 38.1 Å². The van der Waals surface area contributed by atoms with E-state index in [0.717, 1.165) is 11.3 Å². The normalized spacial score (nSPS) is 12.0. The Bertz CT molecular complexity index is 588. The fourth-order valence-electron chi connectivity index (χ4n) is 2.06. The number of halogens is 1. The predicted octanol–water partition coefficient (Wildman–Crippen LogP) is 2.49. The smallest absolute Gasteiger partial charge is 0.333 e. The highest BCUT2D eigenvalue weighted by Crippen LogP contribution is 2.25. The Hall–Kier alpha value is -2.37. The van der Waals surface area contributed by atoms with Crippen LogP contribution in [0.15, 0.2) is 24.3 Å². The number of hydrogen-bond acceptors (Lipinski definition) is 4. The molecule has 1 heterocycles. The SMILES string of the molecule is COC(=O)C(Nc1ccc(F)cc1)c1c(C)n[nH]c1C. The standard InChI is InChI=1S/C14H16FN3O2/c1-8-12(9(2)18-17-8)13(14(19)20-3)16-11-6-4-10(15)5-7-11/h4-7,13,16H,1-3H3,(H,17,18). The summed E-state index contributed by atoms with van der Waals surface area (Å²) in [6.45, 7) is 3.64. The van der Waals surface area contributed by atoms with Crippen molar-refractivity contribution >= 4 is 11.7 Å². The van der Waals surface area contributed by atoms with Gasteiger partial charge >= 0.3 is 5.97 Å². The third kappa shape index (κ3) is 2.79. The number of nitrogens with zero attached hydrogens (tertiary/aromatic N) is 1. The van der Waals surface area contributed by atoms with Crippen LogP contribution in [-0.4, -0.2) is 23.3 Å². The van der Waals surface area contributed by atoms with Gasteiger partial charge < -0.3 is 10.1 Å². The van der Waals surface area contributed by atoms with Gasteiger partial charge in [-0.2, -0.15) is 5.10 Å². The number of nitrogens with one attached hydrogen (secondary N) is 2. The average molecular weight is 277 g/mol. The Labute approximate surface area is 116 Å². The van der Waals surface area contributed by atoms with Gasteiger partial charge in [-0.1, -0.05) is 0 Å². The summed E-state index contributed by atoms with van der Waals surface area (Å²) < 4.78 is 17.7. The number of anilines is 1. The van der Waals surface area contributed by atoms with Gasteiger partial charge in [0.1, 0.15) is 5.82 Å². The summed E-state index contributed by atoms with van der Waals surface area (Å²) in [4.78, 5) is 12.0. The van der Waals surface area contributed by atoms with E-state index >= 15 is 0 Å². The monoisotopic (exact) mass is 277 g/mol. The predicted molar refractivity (Wildman–Crippen MR) is 72.8 cm³/mol. The maximum atomic E-state index is 12.9. The van der Waals surface area contributed by atoms with Crippen molar-refractivity contribution in [1.29, 1.82) is 0 Å². The van der Waals surface area contributed by atoms with Crippen LogP contribution >= 0.6 is 0 Å². The molecule has 0 aliphatic carbocycles. The van der Waals surface area contributed by atoms with E-state index in [2.05, 4.69) is 15.5 Å². The number of carbonyl (C=O) groups excluding carboxylic acids is 1. The Morgan fingerprint density at radius 2 is 2.00 bits per heavy atom. The highest BCUT2D eigenvalue weighted by Gasteiger charge is 2.26. The van der Waals surface area contributed by atoms with Crippen LogP contribution in [0.25, 0.3) is 0 Å². The first-order valence-electron chi connectivity index (χ1n) is 6.14. The quantitative estimate of drug-likeness (QED) is 0.843. The van der Waals surface area contributed by atoms with E-state index in [0.29, 0.717) is 11.4 Å². The zero-order chi connectivity index (χ0) is 14.7. The lowest BCUT2D eigenvalue weighted by Gasteiger charge is -2.18. The summed E-state index contributed by atoms with van der Waals surface area (Å²) in [6.07, 6.45) is 0. The van der Waals surface area contributed by atoms with Crippen LogP contribution in [0.1, 0.15) is 23.0 Å². The van der Waals surface area contributed by atoms with E-state index in [4.69, 9.17) is 4.74 Å². The molecule has 0 fully saturated rings. The highest BCUT2D eigenvalue weighted by atomic mass is 19.1. The maximum absolute atomic E-state index is 12.9. The van der Waals surface area contributed by atoms with Crippen LogP contribution in [0.2, 0.25) is 0 Å². The third-order valence-corrected chi connectivity index (χ3v) is 3.07. The molecule has 0 spiro atoms. The molecule has 0 saturated carbocycles. The van der Waals surface area contributed by atoms with Crippen LogP contribution in [-0.2, 0) is 9.53 Å². The molecule has 1 unspecified atom stereocenters. The van der Waals surface area contributed by atoms with E-state index in [1.807, 2.05) is 6.92 Å². The van der Waals surface area contributed by atoms with Crippen LogP contribution in [0.5, 0.6) is 0 Å². The van der Waals surface area contributed by atoms with Crippen molar-refractivity contribution in [2.75, 3.05) is 12.4 Å². The molecule has 2 N–H and O–H groups in total. The van der Waals surface area contributed by atoms with E-state index in [-0.39, 0.29) is 5.82 Å². The first-order chi connectivity index (χ1) is 9.52. The van der Waals surface area contributed by atoms with Crippen LogP contribution in [0, 0.1) is 19.7 Å². The lowest BCUT2D eigenvalue weighted by atomic mass is 10.0. The fourth-order valence-corrected chi connectivity index (χ4v) is 2.06. The molecule has 106 valence electrons. The van der Waals surface area contributed by atoms with Crippen molar-refractivity contribution in [2.24, 2.45) is 0 Å². The lowest BCUT2D eigenvalue weighted by Crippen LogP contribution is -2.23. The second-order valence-electron chi connectivity index (χ2n) is 4.46. The van der Waals surface area contributed by atoms with E-state index in [1.165, 1.54) is 19.2 Å². The van der Waals surface area contributed by atoms with E-state index in [9.17, 15) is 9.18 Å². The number of benzene rings is 1. The number of hydrogen-bond donors (Lipinski definition) is 2. The van der Waals surface area contributed by atoms with E-state index in [1.54, 1.807) is 19.1 Å². The fraction of sp³-hybridized carbons (Fsp3) is 0.286. The Morgan fingerprint density at radius 3 is 2.50 bits per heavy atom. The number of H-pyrrole nitrogens is 1. The first-order valence-corrected chi connectivity index (χ1v) is 6.14. The zero-order valence-corrected chi connectivity index (χ0v) is 11.5. The lowest BCUT2D eigenvalue weighted by molar-refractivity contribution is -0.141. The summed E-state index contributed by atoms with van der Waals surface area (Å²) in [5.41, 5.74) is 2.86. The van der Waals surface area contributed by atoms with E-state index < -0.39 is 12.0 Å². The average Bonchev–Trinajstić information content (AvgIpc) is 2.77. The molecule has 0 saturated heterocycles. The van der Waals surface area contributed by atoms with Crippen molar-refractivity contribution < 1.29 is 13.9 Å². The number of esters is 1. The molecule has 20 heavy (non-hydrogen) atoms. The van der Waals surface area contributed by atoms with Crippen molar-refractivity contribution in [1.82, 2.24) is 10.2 Å². The van der Waals surface area contributed by atoms with Crippen molar-refractivity contribution in [2.45, 2.75) is 19.9 Å². The summed E-state index contributed by atoms with van der Waals surface area (Å²) >= 11 is 0. The summed E-state index contributed by atoms with van der Waals surface area (Å²) in [7, 11) is 1.33. The van der Waals surface area contributed by atoms with Gasteiger partial charge in [-0.3, -0.25) is 5.10 Å². The molecule has 6 heteroatoms. The number of rotatable bonds is 4. The zero-order valence-electron chi connectivity index (χ0n) is 11.5. The molecule has 0 aliphatic rings. The molecule has 5 nitrogen and oxygen atoms in total. The molecule has 0 radical (unpaired) electrons. The van der Waals surface area contributed by atoms with Crippen molar-refractivity contribution in [3.63, 3.8) is 0 Å². The molecule has 0 amide bonds. The number of aryl methyl sites for hydroxylation is 2. The molecule has 1 atom stereocenters. The van der Waals surface area contributed by atoms with Gasteiger partial charge in [0.15, 0.2) is 6.04 Å². The minimum atomic E-state index is -0.691. The van der Waals surface area contributed by atoms with Crippen molar-refractivity contribution in [3.05, 3.63) is 47.0 Å². The number of methoxy groups -OCH3 is 1. The van der Waals surface area contributed by atoms with Gasteiger partial charge in [0.05, 0.1) is 12.8 Å². The van der Waals surface area contributed by atoms with Gasteiger partial charge in [0, 0.05) is 16.9 Å². The second kappa shape index (κ2) is 5.73. The van der Waals surface area contributed by atoms with Gasteiger partial charge in [-0.15, -0.1) is 0 Å². The molecule has 2 aromatic rings. The molecule has 0 bridgehead atoms.